The first-order valence-corrected chi connectivity index (χ1v) is 6.63. The fraction of sp³-hybridized carbons (Fsp3) is 0.786. The van der Waals surface area contributed by atoms with Gasteiger partial charge in [0, 0.05) is 6.04 Å². The molecule has 1 unspecified atom stereocenters. The summed E-state index contributed by atoms with van der Waals surface area (Å²) in [6, 6.07) is 0.219. The van der Waals surface area contributed by atoms with Crippen LogP contribution in [-0.2, 0) is 5.60 Å². The van der Waals surface area contributed by atoms with Crippen LogP contribution in [-0.4, -0.2) is 22.0 Å². The van der Waals surface area contributed by atoms with Gasteiger partial charge >= 0.3 is 0 Å². The minimum atomic E-state index is -0.810. The summed E-state index contributed by atoms with van der Waals surface area (Å²) >= 11 is 0. The second-order valence-corrected chi connectivity index (χ2v) is 6.47. The van der Waals surface area contributed by atoms with Crippen molar-refractivity contribution in [3.8, 4) is 5.75 Å². The van der Waals surface area contributed by atoms with E-state index in [9.17, 15) is 5.11 Å². The van der Waals surface area contributed by atoms with Crippen LogP contribution < -0.4 is 4.74 Å². The van der Waals surface area contributed by atoms with Gasteiger partial charge in [-0.25, -0.2) is 0 Å². The Morgan fingerprint density at radius 3 is 2.50 bits per heavy atom. The second kappa shape index (κ2) is 4.26. The lowest BCUT2D eigenvalue weighted by Gasteiger charge is -2.28. The molecule has 4 nitrogen and oxygen atoms in total. The third-order valence-electron chi connectivity index (χ3n) is 3.90. The van der Waals surface area contributed by atoms with E-state index >= 15 is 0 Å². The number of aromatic nitrogens is 2. The number of hydrogen-bond donors (Lipinski definition) is 1. The van der Waals surface area contributed by atoms with Crippen molar-refractivity contribution in [3.05, 3.63) is 11.9 Å². The van der Waals surface area contributed by atoms with Crippen molar-refractivity contribution < 1.29 is 9.84 Å². The number of methoxy groups -OCH3 is 1. The van der Waals surface area contributed by atoms with Crippen LogP contribution in [0.3, 0.4) is 0 Å². The molecule has 1 atom stereocenters. The van der Waals surface area contributed by atoms with Crippen LogP contribution in [0.5, 0.6) is 5.75 Å². The number of aliphatic hydroxyl groups is 1. The van der Waals surface area contributed by atoms with Gasteiger partial charge in [-0.2, -0.15) is 5.10 Å². The number of hydrogen-bond acceptors (Lipinski definition) is 3. The van der Waals surface area contributed by atoms with Crippen LogP contribution in [0.1, 0.15) is 58.7 Å². The van der Waals surface area contributed by atoms with E-state index in [4.69, 9.17) is 4.74 Å². The molecule has 1 N–H and O–H groups in total. The van der Waals surface area contributed by atoms with Crippen LogP contribution in [0, 0.1) is 5.41 Å². The molecular formula is C14H24N2O2. The predicted octanol–water partition coefficient (Wildman–Crippen LogP) is 2.87. The van der Waals surface area contributed by atoms with Gasteiger partial charge in [0.05, 0.1) is 13.3 Å². The Hall–Kier alpha value is -1.03. The highest BCUT2D eigenvalue weighted by atomic mass is 16.5. The van der Waals surface area contributed by atoms with Gasteiger partial charge in [-0.3, -0.25) is 4.68 Å². The Bertz CT molecular complexity index is 437. The van der Waals surface area contributed by atoms with Gasteiger partial charge in [-0.1, -0.05) is 13.8 Å². The molecule has 1 fully saturated rings. The smallest absolute Gasteiger partial charge is 0.162 e. The van der Waals surface area contributed by atoms with E-state index in [1.807, 2.05) is 4.68 Å². The number of nitrogens with zero attached hydrogens (tertiary/aromatic N) is 2. The second-order valence-electron chi connectivity index (χ2n) is 6.47. The molecule has 2 rings (SSSR count). The first-order valence-electron chi connectivity index (χ1n) is 6.63. The van der Waals surface area contributed by atoms with Gasteiger partial charge in [0.15, 0.2) is 5.75 Å². The summed E-state index contributed by atoms with van der Waals surface area (Å²) in [6.45, 7) is 8.54. The van der Waals surface area contributed by atoms with Crippen LogP contribution in [0.4, 0.5) is 0 Å². The molecule has 0 saturated heterocycles. The lowest BCUT2D eigenvalue weighted by atomic mass is 9.87. The summed E-state index contributed by atoms with van der Waals surface area (Å²) < 4.78 is 7.27. The summed E-state index contributed by atoms with van der Waals surface area (Å²) in [4.78, 5) is 0. The molecule has 1 heterocycles. The summed E-state index contributed by atoms with van der Waals surface area (Å²) in [6.07, 6.45) is 4.26. The standard InChI is InChI=1S/C14H24N2O2/c1-10(2)16-12(11(18-5)8-15-16)14(17)7-6-13(3,4)9-14/h8,10,17H,6-7,9H2,1-5H3. The minimum absolute atomic E-state index is 0.172. The monoisotopic (exact) mass is 252 g/mol. The van der Waals surface area contributed by atoms with Gasteiger partial charge in [0.25, 0.3) is 0 Å². The Morgan fingerprint density at radius 2 is 2.06 bits per heavy atom. The molecule has 1 aliphatic carbocycles. The molecule has 1 aromatic heterocycles. The molecule has 18 heavy (non-hydrogen) atoms. The molecule has 4 heteroatoms. The van der Waals surface area contributed by atoms with Crippen LogP contribution in [0.15, 0.2) is 6.20 Å². The molecule has 0 aliphatic heterocycles. The van der Waals surface area contributed by atoms with Gasteiger partial charge in [0.1, 0.15) is 11.3 Å². The Balaban J connectivity index is 2.46. The molecule has 0 aromatic carbocycles. The average Bonchev–Trinajstić information content (AvgIpc) is 2.80. The molecular weight excluding hydrogens is 228 g/mol. The van der Waals surface area contributed by atoms with Crippen LogP contribution >= 0.6 is 0 Å². The van der Waals surface area contributed by atoms with Crippen molar-refractivity contribution in [1.82, 2.24) is 9.78 Å². The molecule has 0 amide bonds. The first kappa shape index (κ1) is 13.4. The largest absolute Gasteiger partial charge is 0.493 e. The van der Waals surface area contributed by atoms with Crippen molar-refractivity contribution in [2.75, 3.05) is 7.11 Å². The van der Waals surface area contributed by atoms with Gasteiger partial charge in [0.2, 0.25) is 0 Å². The van der Waals surface area contributed by atoms with Gasteiger partial charge < -0.3 is 9.84 Å². The average molecular weight is 252 g/mol. The fourth-order valence-corrected chi connectivity index (χ4v) is 3.05. The predicted molar refractivity (Wildman–Crippen MR) is 70.7 cm³/mol. The zero-order valence-corrected chi connectivity index (χ0v) is 12.0. The molecule has 0 spiro atoms. The third-order valence-corrected chi connectivity index (χ3v) is 3.90. The minimum Gasteiger partial charge on any atom is -0.493 e. The Morgan fingerprint density at radius 1 is 1.39 bits per heavy atom. The molecule has 1 aliphatic rings. The highest BCUT2D eigenvalue weighted by molar-refractivity contribution is 5.32. The van der Waals surface area contributed by atoms with Crippen LogP contribution in [0.25, 0.3) is 0 Å². The fourth-order valence-electron chi connectivity index (χ4n) is 3.05. The van der Waals surface area contributed by atoms with E-state index < -0.39 is 5.60 Å². The highest BCUT2D eigenvalue weighted by Crippen LogP contribution is 2.51. The molecule has 1 saturated carbocycles. The van der Waals surface area contributed by atoms with Crippen molar-refractivity contribution in [3.63, 3.8) is 0 Å². The lowest BCUT2D eigenvalue weighted by molar-refractivity contribution is 0.0213. The number of ether oxygens (including phenoxy) is 1. The molecule has 1 aromatic rings. The van der Waals surface area contributed by atoms with Gasteiger partial charge in [-0.15, -0.1) is 0 Å². The topological polar surface area (TPSA) is 47.3 Å². The van der Waals surface area contributed by atoms with Gasteiger partial charge in [-0.05, 0) is 38.5 Å². The van der Waals surface area contributed by atoms with Crippen molar-refractivity contribution in [1.29, 1.82) is 0 Å². The summed E-state index contributed by atoms with van der Waals surface area (Å²) in [7, 11) is 1.63. The normalized spacial score (nSPS) is 26.8. The van der Waals surface area contributed by atoms with E-state index in [2.05, 4.69) is 32.8 Å². The summed E-state index contributed by atoms with van der Waals surface area (Å²) in [5, 5.41) is 15.3. The zero-order chi connectivity index (χ0) is 13.6. The van der Waals surface area contributed by atoms with E-state index in [1.165, 1.54) is 0 Å². The van der Waals surface area contributed by atoms with Crippen molar-refractivity contribution >= 4 is 0 Å². The SMILES string of the molecule is COc1cnn(C(C)C)c1C1(O)CCC(C)(C)C1. The van der Waals surface area contributed by atoms with Crippen LogP contribution in [0.2, 0.25) is 0 Å². The molecule has 0 radical (unpaired) electrons. The first-order chi connectivity index (χ1) is 8.29. The quantitative estimate of drug-likeness (QED) is 0.899. The highest BCUT2D eigenvalue weighted by Gasteiger charge is 2.46. The zero-order valence-electron chi connectivity index (χ0n) is 12.0. The molecule has 102 valence electrons. The summed E-state index contributed by atoms with van der Waals surface area (Å²) in [5.41, 5.74) is 0.201. The Kier molecular flexibility index (Phi) is 3.18. The van der Waals surface area contributed by atoms with E-state index in [-0.39, 0.29) is 11.5 Å². The lowest BCUT2D eigenvalue weighted by Crippen LogP contribution is -2.28. The Labute approximate surface area is 109 Å². The van der Waals surface area contributed by atoms with E-state index in [0.717, 1.165) is 25.0 Å². The van der Waals surface area contributed by atoms with Crippen molar-refractivity contribution in [2.24, 2.45) is 5.41 Å². The van der Waals surface area contributed by atoms with E-state index in [0.29, 0.717) is 5.75 Å². The molecule has 0 bridgehead atoms. The maximum atomic E-state index is 11.0. The summed E-state index contributed by atoms with van der Waals surface area (Å²) in [5.74, 6) is 0.698. The maximum absolute atomic E-state index is 11.0. The third kappa shape index (κ3) is 2.14. The number of rotatable bonds is 3. The van der Waals surface area contributed by atoms with Crippen molar-refractivity contribution in [2.45, 2.75) is 58.6 Å². The maximum Gasteiger partial charge on any atom is 0.162 e. The van der Waals surface area contributed by atoms with E-state index in [1.54, 1.807) is 13.3 Å².